The van der Waals surface area contributed by atoms with Gasteiger partial charge in [-0.15, -0.1) is 0 Å². The number of aromatic nitrogens is 3. The minimum Gasteiger partial charge on any atom is -0.339 e. The zero-order valence-corrected chi connectivity index (χ0v) is 14.7. The van der Waals surface area contributed by atoms with Crippen molar-refractivity contribution in [1.29, 1.82) is 0 Å². The van der Waals surface area contributed by atoms with Gasteiger partial charge in [0.15, 0.2) is 0 Å². The predicted molar refractivity (Wildman–Crippen MR) is 94.3 cm³/mol. The monoisotopic (exact) mass is 351 g/mol. The molecule has 2 fully saturated rings. The first-order valence-electron chi connectivity index (χ1n) is 8.84. The van der Waals surface area contributed by atoms with Crippen molar-refractivity contribution in [2.75, 3.05) is 20.1 Å². The van der Waals surface area contributed by atoms with E-state index in [0.717, 1.165) is 18.4 Å². The van der Waals surface area contributed by atoms with Crippen molar-refractivity contribution in [3.05, 3.63) is 54.4 Å². The van der Waals surface area contributed by atoms with E-state index in [1.165, 1.54) is 12.4 Å². The van der Waals surface area contributed by atoms with E-state index in [-0.39, 0.29) is 23.3 Å². The molecular weight excluding hydrogens is 330 g/mol. The van der Waals surface area contributed by atoms with Gasteiger partial charge in [0.25, 0.3) is 5.91 Å². The van der Waals surface area contributed by atoms with Crippen LogP contribution >= 0.6 is 0 Å². The summed E-state index contributed by atoms with van der Waals surface area (Å²) in [5.41, 5.74) is 1.27. The summed E-state index contributed by atoms with van der Waals surface area (Å²) in [6.07, 6.45) is 10.2. The number of likely N-dealkylation sites (tertiary alicyclic amines) is 2. The van der Waals surface area contributed by atoms with Crippen LogP contribution in [0.1, 0.15) is 41.2 Å². The van der Waals surface area contributed by atoms with Gasteiger partial charge in [-0.3, -0.25) is 19.6 Å². The zero-order valence-electron chi connectivity index (χ0n) is 14.7. The number of rotatable bonds is 2. The minimum absolute atomic E-state index is 0.0969. The van der Waals surface area contributed by atoms with E-state index in [4.69, 9.17) is 0 Å². The highest BCUT2D eigenvalue weighted by atomic mass is 16.2. The molecule has 7 nitrogen and oxygen atoms in total. The van der Waals surface area contributed by atoms with Crippen LogP contribution < -0.4 is 0 Å². The number of carbonyl (C=O) groups excluding carboxylic acids is 2. The normalized spacial score (nSPS) is 22.0. The highest BCUT2D eigenvalue weighted by Crippen LogP contribution is 2.48. The quantitative estimate of drug-likeness (QED) is 0.819. The Hall–Kier alpha value is -2.83. The fraction of sp³-hybridized carbons (Fsp3) is 0.421. The van der Waals surface area contributed by atoms with Gasteiger partial charge in [-0.25, -0.2) is 4.98 Å². The molecule has 2 aliphatic heterocycles. The number of pyridine rings is 1. The Morgan fingerprint density at radius 2 is 1.85 bits per heavy atom. The van der Waals surface area contributed by atoms with E-state index < -0.39 is 0 Å². The summed E-state index contributed by atoms with van der Waals surface area (Å²) in [5.74, 6) is 0.206. The number of nitrogens with zero attached hydrogens (tertiary/aromatic N) is 5. The molecule has 4 rings (SSSR count). The highest BCUT2D eigenvalue weighted by molar-refractivity contribution is 5.92. The fourth-order valence-electron chi connectivity index (χ4n) is 4.36. The summed E-state index contributed by atoms with van der Waals surface area (Å²) >= 11 is 0. The Bertz CT molecular complexity index is 803. The number of amides is 2. The molecule has 4 heterocycles. The Kier molecular flexibility index (Phi) is 4.14. The Morgan fingerprint density at radius 1 is 1.12 bits per heavy atom. The molecule has 1 spiro atoms. The number of piperidine rings is 1. The lowest BCUT2D eigenvalue weighted by molar-refractivity contribution is -0.130. The van der Waals surface area contributed by atoms with Crippen molar-refractivity contribution < 1.29 is 9.59 Å². The van der Waals surface area contributed by atoms with E-state index in [9.17, 15) is 9.59 Å². The first kappa shape index (κ1) is 16.6. The van der Waals surface area contributed by atoms with Gasteiger partial charge in [0.2, 0.25) is 5.91 Å². The van der Waals surface area contributed by atoms with Gasteiger partial charge in [0, 0.05) is 57.3 Å². The first-order chi connectivity index (χ1) is 12.6. The molecule has 0 unspecified atom stereocenters. The molecule has 1 atom stereocenters. The summed E-state index contributed by atoms with van der Waals surface area (Å²) < 4.78 is 0. The van der Waals surface area contributed by atoms with Crippen LogP contribution in [0.15, 0.2) is 43.1 Å². The third-order valence-electron chi connectivity index (χ3n) is 5.88. The average Bonchev–Trinajstić information content (AvgIpc) is 2.94. The highest BCUT2D eigenvalue weighted by Gasteiger charge is 2.53. The maximum absolute atomic E-state index is 12.6. The van der Waals surface area contributed by atoms with Crippen molar-refractivity contribution in [2.24, 2.45) is 0 Å². The van der Waals surface area contributed by atoms with Crippen LogP contribution in [0.2, 0.25) is 0 Å². The first-order valence-corrected chi connectivity index (χ1v) is 8.84. The molecule has 0 bridgehead atoms. The maximum atomic E-state index is 12.6. The Morgan fingerprint density at radius 3 is 2.50 bits per heavy atom. The van der Waals surface area contributed by atoms with Gasteiger partial charge in [-0.05, 0) is 30.5 Å². The summed E-state index contributed by atoms with van der Waals surface area (Å²) in [4.78, 5) is 41.0. The maximum Gasteiger partial charge on any atom is 0.274 e. The largest absolute Gasteiger partial charge is 0.339 e. The molecule has 0 saturated carbocycles. The van der Waals surface area contributed by atoms with Crippen LogP contribution in [-0.2, 0) is 4.79 Å². The van der Waals surface area contributed by atoms with Crippen LogP contribution in [0.5, 0.6) is 0 Å². The molecule has 2 amide bonds. The lowest BCUT2D eigenvalue weighted by Crippen LogP contribution is -2.55. The third kappa shape index (κ3) is 2.64. The van der Waals surface area contributed by atoms with Crippen LogP contribution in [-0.4, -0.2) is 62.2 Å². The molecule has 2 aromatic rings. The van der Waals surface area contributed by atoms with E-state index >= 15 is 0 Å². The van der Waals surface area contributed by atoms with Crippen LogP contribution in [0.3, 0.4) is 0 Å². The molecule has 0 aromatic carbocycles. The van der Waals surface area contributed by atoms with E-state index in [2.05, 4.69) is 15.0 Å². The second-order valence-corrected chi connectivity index (χ2v) is 6.98. The smallest absolute Gasteiger partial charge is 0.274 e. The lowest BCUT2D eigenvalue weighted by Gasteiger charge is -2.46. The van der Waals surface area contributed by atoms with Gasteiger partial charge in [-0.2, -0.15) is 0 Å². The molecular formula is C19H21N5O2. The van der Waals surface area contributed by atoms with E-state index in [1.807, 2.05) is 29.0 Å². The molecule has 2 aliphatic rings. The minimum atomic E-state index is -0.239. The predicted octanol–water partition coefficient (Wildman–Crippen LogP) is 1.49. The fourth-order valence-corrected chi connectivity index (χ4v) is 4.36. The van der Waals surface area contributed by atoms with Gasteiger partial charge < -0.3 is 9.80 Å². The second kappa shape index (κ2) is 6.48. The molecule has 0 N–H and O–H groups in total. The van der Waals surface area contributed by atoms with Crippen molar-refractivity contribution in [2.45, 2.75) is 30.7 Å². The third-order valence-corrected chi connectivity index (χ3v) is 5.88. The van der Waals surface area contributed by atoms with Crippen molar-refractivity contribution in [3.63, 3.8) is 0 Å². The Balaban J connectivity index is 1.56. The average molecular weight is 351 g/mol. The molecule has 134 valence electrons. The van der Waals surface area contributed by atoms with Crippen molar-refractivity contribution in [1.82, 2.24) is 24.8 Å². The summed E-state index contributed by atoms with van der Waals surface area (Å²) in [6.45, 7) is 1.21. The van der Waals surface area contributed by atoms with E-state index in [0.29, 0.717) is 25.2 Å². The van der Waals surface area contributed by atoms with Crippen LogP contribution in [0.4, 0.5) is 0 Å². The number of hydrogen-bond acceptors (Lipinski definition) is 5. The summed E-state index contributed by atoms with van der Waals surface area (Å²) in [6, 6.07) is 3.99. The molecule has 0 aliphatic carbocycles. The zero-order chi connectivity index (χ0) is 18.1. The number of carbonyl (C=O) groups is 2. The van der Waals surface area contributed by atoms with E-state index in [1.54, 1.807) is 18.6 Å². The van der Waals surface area contributed by atoms with Gasteiger partial charge >= 0.3 is 0 Å². The van der Waals surface area contributed by atoms with Gasteiger partial charge in [0.05, 0.1) is 11.7 Å². The Labute approximate surface area is 152 Å². The SMILES string of the molecule is CN1C(=O)C[C@@H](c2ccncc2)C12CCN(C(=O)c1cnccn1)CC2. The molecule has 2 saturated heterocycles. The van der Waals surface area contributed by atoms with Crippen LogP contribution in [0, 0.1) is 0 Å². The number of hydrogen-bond donors (Lipinski definition) is 0. The molecule has 7 heteroatoms. The van der Waals surface area contributed by atoms with Gasteiger partial charge in [0.1, 0.15) is 5.69 Å². The lowest BCUT2D eigenvalue weighted by atomic mass is 9.74. The number of likely N-dealkylation sites (N-methyl/N-ethyl adjacent to an activating group) is 1. The molecule has 26 heavy (non-hydrogen) atoms. The summed E-state index contributed by atoms with van der Waals surface area (Å²) in [7, 11) is 1.89. The summed E-state index contributed by atoms with van der Waals surface area (Å²) in [5, 5.41) is 0. The van der Waals surface area contributed by atoms with Crippen LogP contribution in [0.25, 0.3) is 0 Å². The van der Waals surface area contributed by atoms with Crippen molar-refractivity contribution in [3.8, 4) is 0 Å². The standard InChI is InChI=1S/C19H21N5O2/c1-23-17(25)12-15(14-2-6-20-7-3-14)19(23)4-10-24(11-5-19)18(26)16-13-21-8-9-22-16/h2-3,6-9,13,15H,4-5,10-12H2,1H3/t15-/m0/s1. The van der Waals surface area contributed by atoms with Gasteiger partial charge in [-0.1, -0.05) is 0 Å². The second-order valence-electron chi connectivity index (χ2n) is 6.98. The topological polar surface area (TPSA) is 79.3 Å². The van der Waals surface area contributed by atoms with Crippen molar-refractivity contribution >= 4 is 11.8 Å². The molecule has 2 aromatic heterocycles. The molecule has 0 radical (unpaired) electrons.